The lowest BCUT2D eigenvalue weighted by molar-refractivity contribution is 0.193. The zero-order valence-electron chi connectivity index (χ0n) is 8.12. The van der Waals surface area contributed by atoms with Gasteiger partial charge in [0.2, 0.25) is 0 Å². The molecule has 3 nitrogen and oxygen atoms in total. The minimum absolute atomic E-state index is 0.178. The van der Waals surface area contributed by atoms with Gasteiger partial charge in [-0.05, 0) is 18.6 Å². The van der Waals surface area contributed by atoms with E-state index in [4.69, 9.17) is 9.84 Å². The molecule has 0 spiro atoms. The second-order valence-corrected chi connectivity index (χ2v) is 3.14. The standard InChI is InChI=1S/C10H13FO3/c1-6(12)5-7-3-4-8(13)10(14-2)9(7)11/h3-4,6,12-13H,5H2,1-2H3. The van der Waals surface area contributed by atoms with Gasteiger partial charge in [-0.3, -0.25) is 0 Å². The Balaban J connectivity index is 3.08. The van der Waals surface area contributed by atoms with Crippen LogP contribution in [0.5, 0.6) is 11.5 Å². The van der Waals surface area contributed by atoms with E-state index in [0.29, 0.717) is 5.56 Å². The lowest BCUT2D eigenvalue weighted by atomic mass is 10.1. The first kappa shape index (κ1) is 10.8. The fraction of sp³-hybridized carbons (Fsp3) is 0.400. The van der Waals surface area contributed by atoms with Gasteiger partial charge in [-0.1, -0.05) is 6.07 Å². The van der Waals surface area contributed by atoms with Gasteiger partial charge >= 0.3 is 0 Å². The van der Waals surface area contributed by atoms with Crippen LogP contribution in [0.25, 0.3) is 0 Å². The summed E-state index contributed by atoms with van der Waals surface area (Å²) in [4.78, 5) is 0. The van der Waals surface area contributed by atoms with E-state index in [0.717, 1.165) is 0 Å². The molecule has 1 rings (SSSR count). The fourth-order valence-corrected chi connectivity index (χ4v) is 1.26. The Morgan fingerprint density at radius 3 is 2.64 bits per heavy atom. The average molecular weight is 200 g/mol. The summed E-state index contributed by atoms with van der Waals surface area (Å²) in [5.74, 6) is -1.03. The Morgan fingerprint density at radius 2 is 2.14 bits per heavy atom. The summed E-state index contributed by atoms with van der Waals surface area (Å²) in [5, 5.41) is 18.3. The monoisotopic (exact) mass is 200 g/mol. The van der Waals surface area contributed by atoms with Crippen molar-refractivity contribution in [2.45, 2.75) is 19.4 Å². The number of benzene rings is 1. The van der Waals surface area contributed by atoms with Crippen molar-refractivity contribution in [3.63, 3.8) is 0 Å². The molecule has 1 aromatic carbocycles. The molecule has 0 fully saturated rings. The topological polar surface area (TPSA) is 49.7 Å². The summed E-state index contributed by atoms with van der Waals surface area (Å²) in [6.07, 6.45) is -0.429. The molecule has 0 radical (unpaired) electrons. The van der Waals surface area contributed by atoms with E-state index in [1.807, 2.05) is 0 Å². The number of rotatable bonds is 3. The molecule has 1 atom stereocenters. The van der Waals surface area contributed by atoms with Gasteiger partial charge in [0, 0.05) is 6.42 Å². The van der Waals surface area contributed by atoms with Crippen LogP contribution in [0.4, 0.5) is 4.39 Å². The van der Waals surface area contributed by atoms with Crippen LogP contribution in [0.15, 0.2) is 12.1 Å². The summed E-state index contributed by atoms with van der Waals surface area (Å²) < 4.78 is 18.2. The number of aliphatic hydroxyl groups excluding tert-OH is 1. The summed E-state index contributed by atoms with van der Waals surface area (Å²) in [5.41, 5.74) is 0.328. The molecule has 0 saturated carbocycles. The predicted octanol–water partition coefficient (Wildman–Crippen LogP) is 1.46. The zero-order valence-corrected chi connectivity index (χ0v) is 8.12. The molecular weight excluding hydrogens is 187 g/mol. The van der Waals surface area contributed by atoms with Gasteiger partial charge in [0.1, 0.15) is 0 Å². The van der Waals surface area contributed by atoms with Gasteiger partial charge in [-0.25, -0.2) is 4.39 Å². The van der Waals surface area contributed by atoms with E-state index in [1.54, 1.807) is 6.92 Å². The molecule has 0 amide bonds. The molecule has 2 N–H and O–H groups in total. The van der Waals surface area contributed by atoms with Crippen molar-refractivity contribution in [2.75, 3.05) is 7.11 Å². The molecule has 78 valence electrons. The highest BCUT2D eigenvalue weighted by molar-refractivity contribution is 5.43. The average Bonchev–Trinajstić information content (AvgIpc) is 2.10. The van der Waals surface area contributed by atoms with Crippen LogP contribution in [0.1, 0.15) is 12.5 Å². The lowest BCUT2D eigenvalue weighted by Gasteiger charge is -2.10. The molecular formula is C10H13FO3. The fourth-order valence-electron chi connectivity index (χ4n) is 1.26. The molecule has 0 aliphatic rings. The maximum atomic E-state index is 13.5. The normalized spacial score (nSPS) is 12.6. The molecule has 0 aromatic heterocycles. The number of halogens is 1. The van der Waals surface area contributed by atoms with Crippen LogP contribution in [-0.4, -0.2) is 23.4 Å². The molecule has 1 aromatic rings. The van der Waals surface area contributed by atoms with Gasteiger partial charge in [0.15, 0.2) is 17.3 Å². The van der Waals surface area contributed by atoms with Gasteiger partial charge in [0.25, 0.3) is 0 Å². The summed E-state index contributed by atoms with van der Waals surface area (Å²) >= 11 is 0. The van der Waals surface area contributed by atoms with E-state index < -0.39 is 11.9 Å². The van der Waals surface area contributed by atoms with Crippen molar-refractivity contribution in [2.24, 2.45) is 0 Å². The van der Waals surface area contributed by atoms with Crippen LogP contribution < -0.4 is 4.74 Å². The van der Waals surface area contributed by atoms with Crippen LogP contribution in [0.3, 0.4) is 0 Å². The second-order valence-electron chi connectivity index (χ2n) is 3.14. The van der Waals surface area contributed by atoms with Gasteiger partial charge < -0.3 is 14.9 Å². The number of methoxy groups -OCH3 is 1. The third kappa shape index (κ3) is 2.14. The second kappa shape index (κ2) is 4.28. The number of ether oxygens (including phenoxy) is 1. The minimum atomic E-state index is -0.626. The number of hydrogen-bond acceptors (Lipinski definition) is 3. The largest absolute Gasteiger partial charge is 0.504 e. The summed E-state index contributed by atoms with van der Waals surface area (Å²) in [7, 11) is 1.28. The van der Waals surface area contributed by atoms with Crippen molar-refractivity contribution >= 4 is 0 Å². The van der Waals surface area contributed by atoms with Crippen molar-refractivity contribution in [1.29, 1.82) is 0 Å². The first-order valence-electron chi connectivity index (χ1n) is 4.28. The molecule has 0 heterocycles. The molecule has 0 saturated heterocycles. The van der Waals surface area contributed by atoms with Crippen LogP contribution in [0, 0.1) is 5.82 Å². The van der Waals surface area contributed by atoms with E-state index in [-0.39, 0.29) is 17.9 Å². The highest BCUT2D eigenvalue weighted by Gasteiger charge is 2.14. The van der Waals surface area contributed by atoms with E-state index >= 15 is 0 Å². The molecule has 1 unspecified atom stereocenters. The van der Waals surface area contributed by atoms with Gasteiger partial charge in [-0.15, -0.1) is 0 Å². The number of hydrogen-bond donors (Lipinski definition) is 2. The Bertz CT molecular complexity index is 323. The van der Waals surface area contributed by atoms with Crippen LogP contribution in [0.2, 0.25) is 0 Å². The van der Waals surface area contributed by atoms with Crippen molar-refractivity contribution in [1.82, 2.24) is 0 Å². The third-order valence-corrected chi connectivity index (χ3v) is 1.88. The third-order valence-electron chi connectivity index (χ3n) is 1.88. The van der Waals surface area contributed by atoms with Crippen molar-refractivity contribution in [3.05, 3.63) is 23.5 Å². The van der Waals surface area contributed by atoms with Gasteiger partial charge in [0.05, 0.1) is 13.2 Å². The quantitative estimate of drug-likeness (QED) is 0.776. The smallest absolute Gasteiger partial charge is 0.196 e. The van der Waals surface area contributed by atoms with E-state index in [2.05, 4.69) is 0 Å². The highest BCUT2D eigenvalue weighted by Crippen LogP contribution is 2.31. The SMILES string of the molecule is COc1c(O)ccc(CC(C)O)c1F. The Labute approximate surface area is 81.8 Å². The van der Waals surface area contributed by atoms with E-state index in [1.165, 1.54) is 19.2 Å². The summed E-state index contributed by atoms with van der Waals surface area (Å²) in [6.45, 7) is 1.57. The molecule has 0 aliphatic heterocycles. The first-order chi connectivity index (χ1) is 6.56. The highest BCUT2D eigenvalue weighted by atomic mass is 19.1. The Hall–Kier alpha value is -1.29. The first-order valence-corrected chi connectivity index (χ1v) is 4.28. The maximum absolute atomic E-state index is 13.5. The lowest BCUT2D eigenvalue weighted by Crippen LogP contribution is -2.06. The summed E-state index contributed by atoms with van der Waals surface area (Å²) in [6, 6.07) is 2.78. The van der Waals surface area contributed by atoms with Crippen LogP contribution in [-0.2, 0) is 6.42 Å². The predicted molar refractivity (Wildman–Crippen MR) is 50.0 cm³/mol. The molecule has 0 bridgehead atoms. The molecule has 14 heavy (non-hydrogen) atoms. The molecule has 4 heteroatoms. The number of phenols is 1. The number of phenolic OH excluding ortho intramolecular Hbond substituents is 1. The Morgan fingerprint density at radius 1 is 1.50 bits per heavy atom. The molecule has 0 aliphatic carbocycles. The van der Waals surface area contributed by atoms with E-state index in [9.17, 15) is 9.50 Å². The van der Waals surface area contributed by atoms with Crippen LogP contribution >= 0.6 is 0 Å². The number of aliphatic hydroxyl groups is 1. The Kier molecular flexibility index (Phi) is 3.30. The zero-order chi connectivity index (χ0) is 10.7. The van der Waals surface area contributed by atoms with Gasteiger partial charge in [-0.2, -0.15) is 0 Å². The van der Waals surface area contributed by atoms with Crippen molar-refractivity contribution in [3.8, 4) is 11.5 Å². The minimum Gasteiger partial charge on any atom is -0.504 e. The van der Waals surface area contributed by atoms with Crippen molar-refractivity contribution < 1.29 is 19.3 Å². The maximum Gasteiger partial charge on any atom is 0.196 e. The number of aromatic hydroxyl groups is 1.